The van der Waals surface area contributed by atoms with Crippen LogP contribution in [0.1, 0.15) is 22.9 Å². The molecule has 2 heterocycles. The fourth-order valence-electron chi connectivity index (χ4n) is 4.25. The number of ether oxygens (including phenoxy) is 1. The molecular formula is C26H21ClFN3O2. The molecule has 5 nitrogen and oxygen atoms in total. The Morgan fingerprint density at radius 1 is 1.06 bits per heavy atom. The molecule has 0 aliphatic carbocycles. The van der Waals surface area contributed by atoms with Gasteiger partial charge < -0.3 is 19.5 Å². The number of nitrogens with one attached hydrogen (secondary N) is 1. The second-order valence-electron chi connectivity index (χ2n) is 7.79. The summed E-state index contributed by atoms with van der Waals surface area (Å²) in [5.41, 5.74) is 4.36. The number of carbonyl (C=O) groups is 1. The van der Waals surface area contributed by atoms with E-state index in [1.54, 1.807) is 12.0 Å². The lowest BCUT2D eigenvalue weighted by Crippen LogP contribution is -2.37. The zero-order chi connectivity index (χ0) is 22.9. The van der Waals surface area contributed by atoms with Crippen LogP contribution in [0.25, 0.3) is 5.69 Å². The van der Waals surface area contributed by atoms with E-state index in [1.165, 1.54) is 18.2 Å². The predicted molar refractivity (Wildman–Crippen MR) is 127 cm³/mol. The monoisotopic (exact) mass is 461 g/mol. The number of hydrogen-bond acceptors (Lipinski definition) is 2. The number of rotatable bonds is 3. The topological polar surface area (TPSA) is 46.5 Å². The lowest BCUT2D eigenvalue weighted by Gasteiger charge is -2.31. The van der Waals surface area contributed by atoms with Crippen molar-refractivity contribution in [3.05, 3.63) is 113 Å². The Bertz CT molecular complexity index is 1320. The summed E-state index contributed by atoms with van der Waals surface area (Å²) >= 11 is 5.93. The number of amides is 2. The van der Waals surface area contributed by atoms with Crippen molar-refractivity contribution in [1.29, 1.82) is 0 Å². The smallest absolute Gasteiger partial charge is 0.322 e. The van der Waals surface area contributed by atoms with Gasteiger partial charge in [0.15, 0.2) is 0 Å². The maximum Gasteiger partial charge on any atom is 0.322 e. The molecule has 1 atom stereocenters. The number of benzene rings is 3. The Labute approximate surface area is 196 Å². The van der Waals surface area contributed by atoms with Gasteiger partial charge in [-0.05, 0) is 59.7 Å². The van der Waals surface area contributed by atoms with Crippen LogP contribution in [0.15, 0.2) is 85.1 Å². The largest absolute Gasteiger partial charge is 0.497 e. The van der Waals surface area contributed by atoms with Crippen molar-refractivity contribution in [2.75, 3.05) is 12.4 Å². The van der Waals surface area contributed by atoms with Crippen LogP contribution in [0.5, 0.6) is 5.75 Å². The average Bonchev–Trinajstić information content (AvgIpc) is 3.26. The molecule has 1 aliphatic heterocycles. The number of para-hydroxylation sites is 1. The third-order valence-electron chi connectivity index (χ3n) is 5.83. The molecule has 2 amide bonds. The Morgan fingerprint density at radius 2 is 1.85 bits per heavy atom. The highest BCUT2D eigenvalue weighted by atomic mass is 35.5. The predicted octanol–water partition coefficient (Wildman–Crippen LogP) is 6.42. The minimum atomic E-state index is -0.535. The van der Waals surface area contributed by atoms with Gasteiger partial charge in [0.2, 0.25) is 0 Å². The molecule has 5 rings (SSSR count). The molecule has 1 N–H and O–H groups in total. The van der Waals surface area contributed by atoms with Crippen LogP contribution in [0.2, 0.25) is 5.02 Å². The van der Waals surface area contributed by atoms with Crippen LogP contribution in [0, 0.1) is 5.82 Å². The number of anilines is 1. The second-order valence-corrected chi connectivity index (χ2v) is 8.20. The van der Waals surface area contributed by atoms with Crippen molar-refractivity contribution < 1.29 is 13.9 Å². The van der Waals surface area contributed by atoms with E-state index in [-0.39, 0.29) is 17.1 Å². The number of nitrogens with zero attached hydrogens (tertiary/aromatic N) is 2. The van der Waals surface area contributed by atoms with Gasteiger partial charge in [-0.25, -0.2) is 9.18 Å². The molecule has 0 radical (unpaired) electrons. The van der Waals surface area contributed by atoms with Gasteiger partial charge in [-0.1, -0.05) is 41.9 Å². The van der Waals surface area contributed by atoms with Gasteiger partial charge in [0, 0.05) is 17.6 Å². The molecule has 0 bridgehead atoms. The fourth-order valence-corrected chi connectivity index (χ4v) is 4.43. The normalized spacial score (nSPS) is 14.8. The van der Waals surface area contributed by atoms with Gasteiger partial charge in [-0.3, -0.25) is 0 Å². The van der Waals surface area contributed by atoms with Crippen LogP contribution in [-0.4, -0.2) is 22.6 Å². The number of aromatic nitrogens is 1. The Morgan fingerprint density at radius 3 is 2.61 bits per heavy atom. The average molecular weight is 462 g/mol. The van der Waals surface area contributed by atoms with Gasteiger partial charge in [0.1, 0.15) is 11.6 Å². The van der Waals surface area contributed by atoms with Gasteiger partial charge in [0.05, 0.1) is 30.4 Å². The van der Waals surface area contributed by atoms with Gasteiger partial charge >= 0.3 is 6.03 Å². The first-order valence-electron chi connectivity index (χ1n) is 10.5. The first-order chi connectivity index (χ1) is 16.0. The van der Waals surface area contributed by atoms with E-state index < -0.39 is 5.82 Å². The minimum Gasteiger partial charge on any atom is -0.497 e. The van der Waals surface area contributed by atoms with Crippen molar-refractivity contribution in [3.8, 4) is 11.4 Å². The molecule has 1 aromatic heterocycles. The minimum absolute atomic E-state index is 0.0467. The Balaban J connectivity index is 1.61. The van der Waals surface area contributed by atoms with E-state index in [0.717, 1.165) is 28.3 Å². The van der Waals surface area contributed by atoms with E-state index in [4.69, 9.17) is 16.3 Å². The first kappa shape index (κ1) is 21.1. The summed E-state index contributed by atoms with van der Waals surface area (Å²) in [6, 6.07) is 23.2. The van der Waals surface area contributed by atoms with E-state index in [1.807, 2.05) is 66.9 Å². The Hall–Kier alpha value is -3.77. The lowest BCUT2D eigenvalue weighted by molar-refractivity contribution is 0.194. The highest BCUT2D eigenvalue weighted by molar-refractivity contribution is 6.31. The summed E-state index contributed by atoms with van der Waals surface area (Å²) in [7, 11) is 1.62. The molecule has 7 heteroatoms. The first-order valence-corrected chi connectivity index (χ1v) is 10.8. The van der Waals surface area contributed by atoms with Gasteiger partial charge in [0.25, 0.3) is 0 Å². The van der Waals surface area contributed by atoms with Crippen LogP contribution < -0.4 is 10.1 Å². The molecule has 166 valence electrons. The lowest BCUT2D eigenvalue weighted by atomic mass is 10.0. The van der Waals surface area contributed by atoms with E-state index in [0.29, 0.717) is 12.2 Å². The number of urea groups is 1. The van der Waals surface area contributed by atoms with Crippen molar-refractivity contribution in [1.82, 2.24) is 9.47 Å². The van der Waals surface area contributed by atoms with Crippen LogP contribution >= 0.6 is 11.6 Å². The molecule has 0 saturated carbocycles. The molecular weight excluding hydrogens is 441 g/mol. The summed E-state index contributed by atoms with van der Waals surface area (Å²) in [4.78, 5) is 15.4. The van der Waals surface area contributed by atoms with Crippen molar-refractivity contribution in [2.24, 2.45) is 0 Å². The van der Waals surface area contributed by atoms with Crippen LogP contribution in [-0.2, 0) is 6.54 Å². The quantitative estimate of drug-likeness (QED) is 0.383. The highest BCUT2D eigenvalue weighted by Crippen LogP contribution is 2.37. The van der Waals surface area contributed by atoms with Crippen LogP contribution in [0.3, 0.4) is 0 Å². The summed E-state index contributed by atoms with van der Waals surface area (Å²) in [6.07, 6.45) is 2.01. The van der Waals surface area contributed by atoms with E-state index in [2.05, 4.69) is 9.88 Å². The third kappa shape index (κ3) is 3.94. The van der Waals surface area contributed by atoms with E-state index >= 15 is 0 Å². The number of hydrogen-bond donors (Lipinski definition) is 1. The molecule has 4 aromatic rings. The van der Waals surface area contributed by atoms with Gasteiger partial charge in [-0.15, -0.1) is 0 Å². The maximum absolute atomic E-state index is 13.6. The SMILES string of the molecule is COc1ccc([C@@H]2c3cccn3-c3ccccc3CN2C(=O)Nc2ccc(F)c(Cl)c2)cc1. The fraction of sp³-hybridized carbons (Fsp3) is 0.115. The molecule has 0 saturated heterocycles. The van der Waals surface area contributed by atoms with Gasteiger partial charge in [-0.2, -0.15) is 0 Å². The summed E-state index contributed by atoms with van der Waals surface area (Å²) < 4.78 is 21.1. The molecule has 3 aromatic carbocycles. The molecule has 33 heavy (non-hydrogen) atoms. The van der Waals surface area contributed by atoms with Crippen molar-refractivity contribution in [2.45, 2.75) is 12.6 Å². The molecule has 0 spiro atoms. The highest BCUT2D eigenvalue weighted by Gasteiger charge is 2.33. The summed E-state index contributed by atoms with van der Waals surface area (Å²) in [5.74, 6) is 0.204. The van der Waals surface area contributed by atoms with E-state index in [9.17, 15) is 9.18 Å². The number of fused-ring (bicyclic) bond motifs is 3. The molecule has 0 fully saturated rings. The second kappa shape index (κ2) is 8.64. The summed E-state index contributed by atoms with van der Waals surface area (Å²) in [5, 5.41) is 2.84. The Kier molecular flexibility index (Phi) is 5.52. The maximum atomic E-state index is 13.6. The zero-order valence-electron chi connectivity index (χ0n) is 17.8. The third-order valence-corrected chi connectivity index (χ3v) is 6.12. The van der Waals surface area contributed by atoms with Crippen molar-refractivity contribution in [3.63, 3.8) is 0 Å². The number of carbonyl (C=O) groups excluding carboxylic acids is 1. The summed E-state index contributed by atoms with van der Waals surface area (Å²) in [6.45, 7) is 0.384. The molecule has 1 aliphatic rings. The number of methoxy groups -OCH3 is 1. The van der Waals surface area contributed by atoms with Crippen LogP contribution in [0.4, 0.5) is 14.9 Å². The molecule has 0 unspecified atom stereocenters. The van der Waals surface area contributed by atoms with Crippen molar-refractivity contribution >= 4 is 23.3 Å². The zero-order valence-corrected chi connectivity index (χ0v) is 18.6. The standard InChI is InChI=1S/C26H21ClFN3O2/c1-33-20-11-8-17(9-12-20)25-24-7-4-14-30(24)23-6-3-2-5-18(23)16-31(25)26(32)29-19-10-13-22(28)21(27)15-19/h2-15,25H,16H2,1H3,(H,29,32)/t25-/m1/s1. The number of halogens is 2.